The molecule has 0 spiro atoms. The Hall–Kier alpha value is -1.64. The second-order valence-electron chi connectivity index (χ2n) is 8.92. The van der Waals surface area contributed by atoms with Gasteiger partial charge in [0, 0.05) is 12.1 Å². The molecule has 0 bridgehead atoms. The zero-order valence-electron chi connectivity index (χ0n) is 19.4. The van der Waals surface area contributed by atoms with Crippen molar-refractivity contribution in [2.24, 2.45) is 0 Å². The highest BCUT2D eigenvalue weighted by Gasteiger charge is 2.03. The van der Waals surface area contributed by atoms with Crippen LogP contribution in [0.5, 0.6) is 0 Å². The third-order valence-electron chi connectivity index (χ3n) is 5.86. The first kappa shape index (κ1) is 24.6. The minimum Gasteiger partial charge on any atom is -0.314 e. The molecule has 0 amide bonds. The van der Waals surface area contributed by atoms with Gasteiger partial charge >= 0.3 is 0 Å². The van der Waals surface area contributed by atoms with E-state index in [1.54, 1.807) is 0 Å². The molecule has 0 aromatic heterocycles. The number of benzene rings is 2. The highest BCUT2D eigenvalue weighted by molar-refractivity contribution is 5.16. The van der Waals surface area contributed by atoms with Crippen molar-refractivity contribution in [1.82, 2.24) is 10.6 Å². The van der Waals surface area contributed by atoms with Gasteiger partial charge in [0.1, 0.15) is 0 Å². The van der Waals surface area contributed by atoms with E-state index in [4.69, 9.17) is 0 Å². The molecule has 0 aliphatic heterocycles. The number of hydrogen-bond acceptors (Lipinski definition) is 2. The van der Waals surface area contributed by atoms with Crippen LogP contribution < -0.4 is 10.6 Å². The van der Waals surface area contributed by atoms with Gasteiger partial charge in [-0.1, -0.05) is 99.2 Å². The molecule has 166 valence electrons. The number of nitrogens with one attached hydrogen (secondary N) is 2. The molecular formula is C28H44N2. The molecule has 0 aliphatic rings. The summed E-state index contributed by atoms with van der Waals surface area (Å²) in [5.41, 5.74) is 2.86. The Morgan fingerprint density at radius 3 is 1.20 bits per heavy atom. The fourth-order valence-corrected chi connectivity index (χ4v) is 4.09. The normalized spacial score (nSPS) is 13.3. The summed E-state index contributed by atoms with van der Waals surface area (Å²) in [5, 5.41) is 7.35. The number of unbranched alkanes of at least 4 members (excludes halogenated alkanes) is 7. The third kappa shape index (κ3) is 12.1. The molecule has 2 heteroatoms. The van der Waals surface area contributed by atoms with Gasteiger partial charge in [0.25, 0.3) is 0 Å². The van der Waals surface area contributed by atoms with Gasteiger partial charge in [-0.25, -0.2) is 0 Å². The van der Waals surface area contributed by atoms with Crippen LogP contribution in [-0.4, -0.2) is 25.2 Å². The molecule has 0 fully saturated rings. The Balaban J connectivity index is 1.32. The largest absolute Gasteiger partial charge is 0.314 e. The Bertz CT molecular complexity index is 568. The highest BCUT2D eigenvalue weighted by atomic mass is 14.9. The molecule has 2 aromatic rings. The van der Waals surface area contributed by atoms with E-state index in [1.807, 2.05) is 0 Å². The van der Waals surface area contributed by atoms with Crippen molar-refractivity contribution < 1.29 is 0 Å². The lowest BCUT2D eigenvalue weighted by molar-refractivity contribution is 0.496. The van der Waals surface area contributed by atoms with Crippen LogP contribution >= 0.6 is 0 Å². The van der Waals surface area contributed by atoms with E-state index in [2.05, 4.69) is 85.1 Å². The van der Waals surface area contributed by atoms with Crippen molar-refractivity contribution >= 4 is 0 Å². The monoisotopic (exact) mass is 408 g/mol. The lowest BCUT2D eigenvalue weighted by Gasteiger charge is -2.14. The van der Waals surface area contributed by atoms with Crippen molar-refractivity contribution in [2.45, 2.75) is 90.1 Å². The summed E-state index contributed by atoms with van der Waals surface area (Å²) in [6.45, 7) is 6.90. The van der Waals surface area contributed by atoms with Crippen LogP contribution in [0.2, 0.25) is 0 Å². The Morgan fingerprint density at radius 1 is 0.500 bits per heavy atom. The van der Waals surface area contributed by atoms with Crippen LogP contribution in [0.15, 0.2) is 60.7 Å². The van der Waals surface area contributed by atoms with Crippen LogP contribution in [0, 0.1) is 0 Å². The first-order valence-electron chi connectivity index (χ1n) is 12.3. The highest BCUT2D eigenvalue weighted by Crippen LogP contribution is 2.09. The molecule has 2 nitrogen and oxygen atoms in total. The van der Waals surface area contributed by atoms with Crippen LogP contribution in [0.3, 0.4) is 0 Å². The van der Waals surface area contributed by atoms with Crippen LogP contribution in [0.1, 0.15) is 76.3 Å². The Kier molecular flexibility index (Phi) is 13.2. The second-order valence-corrected chi connectivity index (χ2v) is 8.92. The summed E-state index contributed by atoms with van der Waals surface area (Å²) in [7, 11) is 0. The molecule has 0 saturated heterocycles. The van der Waals surface area contributed by atoms with Gasteiger partial charge in [-0.05, 0) is 63.7 Å². The summed E-state index contributed by atoms with van der Waals surface area (Å²) in [5.74, 6) is 0. The summed E-state index contributed by atoms with van der Waals surface area (Å²) in [6, 6.07) is 22.7. The molecule has 2 rings (SSSR count). The molecule has 2 N–H and O–H groups in total. The predicted octanol–water partition coefficient (Wildman–Crippen LogP) is 6.55. The van der Waals surface area contributed by atoms with Crippen molar-refractivity contribution in [1.29, 1.82) is 0 Å². The van der Waals surface area contributed by atoms with Crippen molar-refractivity contribution in [3.63, 3.8) is 0 Å². The van der Waals surface area contributed by atoms with E-state index in [0.29, 0.717) is 12.1 Å². The molecule has 30 heavy (non-hydrogen) atoms. The van der Waals surface area contributed by atoms with E-state index in [0.717, 1.165) is 25.9 Å². The van der Waals surface area contributed by atoms with E-state index >= 15 is 0 Å². The topological polar surface area (TPSA) is 24.1 Å². The summed E-state index contributed by atoms with van der Waals surface area (Å²) >= 11 is 0. The smallest absolute Gasteiger partial charge is 0.00791 e. The molecule has 0 aliphatic carbocycles. The molecule has 2 atom stereocenters. The van der Waals surface area contributed by atoms with E-state index in [1.165, 1.54) is 62.5 Å². The lowest BCUT2D eigenvalue weighted by atomic mass is 10.1. The van der Waals surface area contributed by atoms with Gasteiger partial charge in [-0.15, -0.1) is 0 Å². The second kappa shape index (κ2) is 16.1. The Morgan fingerprint density at radius 2 is 0.833 bits per heavy atom. The Labute approximate surface area is 185 Å². The average Bonchev–Trinajstić information content (AvgIpc) is 2.76. The SMILES string of the molecule is C[C@H](Cc1ccccc1)NCCCCCCCCCCN[C@H](C)Cc1ccccc1. The van der Waals surface area contributed by atoms with Crippen LogP contribution in [0.4, 0.5) is 0 Å². The summed E-state index contributed by atoms with van der Waals surface area (Å²) in [4.78, 5) is 0. The maximum Gasteiger partial charge on any atom is 0.00791 e. The summed E-state index contributed by atoms with van der Waals surface area (Å²) in [6.07, 6.45) is 13.2. The standard InChI is InChI=1S/C28H44N2/c1-25(23-27-17-11-9-12-18-27)29-21-15-7-5-3-4-6-8-16-22-30-26(2)24-28-19-13-10-14-20-28/h9-14,17-20,25-26,29-30H,3-8,15-16,21-24H2,1-2H3/t25-,26-/m1/s1. The quantitative estimate of drug-likeness (QED) is 0.290. The fourth-order valence-electron chi connectivity index (χ4n) is 4.09. The zero-order chi connectivity index (χ0) is 21.3. The maximum absolute atomic E-state index is 3.67. The molecule has 0 heterocycles. The minimum atomic E-state index is 0.566. The first-order chi connectivity index (χ1) is 14.7. The van der Waals surface area contributed by atoms with Gasteiger partial charge < -0.3 is 10.6 Å². The van der Waals surface area contributed by atoms with E-state index in [9.17, 15) is 0 Å². The van der Waals surface area contributed by atoms with Crippen molar-refractivity contribution in [2.75, 3.05) is 13.1 Å². The maximum atomic E-state index is 3.67. The van der Waals surface area contributed by atoms with Crippen molar-refractivity contribution in [3.05, 3.63) is 71.8 Å². The predicted molar refractivity (Wildman–Crippen MR) is 132 cm³/mol. The molecule has 0 unspecified atom stereocenters. The first-order valence-corrected chi connectivity index (χ1v) is 12.3. The van der Waals surface area contributed by atoms with Crippen molar-refractivity contribution in [3.8, 4) is 0 Å². The third-order valence-corrected chi connectivity index (χ3v) is 5.86. The fraction of sp³-hybridized carbons (Fsp3) is 0.571. The van der Waals surface area contributed by atoms with Gasteiger partial charge in [-0.3, -0.25) is 0 Å². The van der Waals surface area contributed by atoms with E-state index in [-0.39, 0.29) is 0 Å². The minimum absolute atomic E-state index is 0.566. The number of rotatable bonds is 17. The van der Waals surface area contributed by atoms with Gasteiger partial charge in [0.15, 0.2) is 0 Å². The number of hydrogen-bond donors (Lipinski definition) is 2. The zero-order valence-corrected chi connectivity index (χ0v) is 19.4. The van der Waals surface area contributed by atoms with Gasteiger partial charge in [-0.2, -0.15) is 0 Å². The molecule has 2 aromatic carbocycles. The molecule has 0 saturated carbocycles. The van der Waals surface area contributed by atoms with Crippen LogP contribution in [-0.2, 0) is 12.8 Å². The average molecular weight is 409 g/mol. The summed E-state index contributed by atoms with van der Waals surface area (Å²) < 4.78 is 0. The molecular weight excluding hydrogens is 364 g/mol. The lowest BCUT2D eigenvalue weighted by Crippen LogP contribution is -2.29. The molecule has 0 radical (unpaired) electrons. The van der Waals surface area contributed by atoms with Crippen LogP contribution in [0.25, 0.3) is 0 Å². The van der Waals surface area contributed by atoms with E-state index < -0.39 is 0 Å². The van der Waals surface area contributed by atoms with Gasteiger partial charge in [0.05, 0.1) is 0 Å². The van der Waals surface area contributed by atoms with Gasteiger partial charge in [0.2, 0.25) is 0 Å².